The number of benzene rings is 1. The van der Waals surface area contributed by atoms with Gasteiger partial charge in [0.15, 0.2) is 0 Å². The summed E-state index contributed by atoms with van der Waals surface area (Å²) < 4.78 is 0. The second-order valence-corrected chi connectivity index (χ2v) is 4.90. The Balaban J connectivity index is 2.56. The summed E-state index contributed by atoms with van der Waals surface area (Å²) >= 11 is 1.41. The number of aliphatic carboxylic acids is 1. The lowest BCUT2D eigenvalue weighted by Crippen LogP contribution is -2.32. The summed E-state index contributed by atoms with van der Waals surface area (Å²) in [4.78, 5) is 12.3. The Kier molecular flexibility index (Phi) is 2.90. The molecule has 0 fully saturated rings. The number of carboxylic acids is 1. The van der Waals surface area contributed by atoms with Crippen LogP contribution in [-0.2, 0) is 10.2 Å². The summed E-state index contributed by atoms with van der Waals surface area (Å²) in [5.41, 5.74) is -0.410. The average molecular weight is 248 g/mol. The van der Waals surface area contributed by atoms with E-state index in [0.29, 0.717) is 5.56 Å². The molecule has 0 bridgehead atoms. The monoisotopic (exact) mass is 248 g/mol. The van der Waals surface area contributed by atoms with Gasteiger partial charge in [0.05, 0.1) is 0 Å². The Bertz CT molecular complexity index is 516. The molecule has 0 spiro atoms. The quantitative estimate of drug-likeness (QED) is 0.878. The van der Waals surface area contributed by atoms with Crippen LogP contribution in [0.4, 0.5) is 0 Å². The summed E-state index contributed by atoms with van der Waals surface area (Å²) in [5, 5.41) is 20.6. The number of rotatable bonds is 3. The third-order valence-electron chi connectivity index (χ3n) is 2.89. The summed E-state index contributed by atoms with van der Waals surface area (Å²) in [7, 11) is 0. The van der Waals surface area contributed by atoms with Crippen LogP contribution in [0.1, 0.15) is 17.4 Å². The molecule has 1 aromatic heterocycles. The molecule has 1 aromatic carbocycles. The van der Waals surface area contributed by atoms with Crippen LogP contribution in [-0.4, -0.2) is 16.2 Å². The third kappa shape index (κ3) is 1.91. The number of thiophene rings is 1. The zero-order chi connectivity index (χ0) is 12.5. The number of phenols is 1. The molecule has 0 saturated carbocycles. The van der Waals surface area contributed by atoms with Gasteiger partial charge in [0.25, 0.3) is 0 Å². The molecule has 0 aliphatic carbocycles. The van der Waals surface area contributed by atoms with Crippen LogP contribution >= 0.6 is 11.3 Å². The lowest BCUT2D eigenvalue weighted by Gasteiger charge is -2.24. The van der Waals surface area contributed by atoms with Crippen molar-refractivity contribution >= 4 is 17.3 Å². The van der Waals surface area contributed by atoms with Crippen LogP contribution in [0.2, 0.25) is 0 Å². The smallest absolute Gasteiger partial charge is 0.319 e. The average Bonchev–Trinajstić information content (AvgIpc) is 2.82. The largest absolute Gasteiger partial charge is 0.508 e. The Morgan fingerprint density at radius 2 is 1.88 bits per heavy atom. The van der Waals surface area contributed by atoms with Gasteiger partial charge >= 0.3 is 5.97 Å². The molecular formula is C13H12O3S. The van der Waals surface area contributed by atoms with E-state index in [4.69, 9.17) is 0 Å². The number of carbonyl (C=O) groups is 1. The molecule has 0 aliphatic rings. The van der Waals surface area contributed by atoms with Crippen molar-refractivity contribution in [2.24, 2.45) is 0 Å². The van der Waals surface area contributed by atoms with Gasteiger partial charge in [0, 0.05) is 4.88 Å². The summed E-state index contributed by atoms with van der Waals surface area (Å²) in [6.45, 7) is 1.67. The zero-order valence-corrected chi connectivity index (χ0v) is 10.1. The Morgan fingerprint density at radius 3 is 2.35 bits per heavy atom. The van der Waals surface area contributed by atoms with Crippen molar-refractivity contribution in [1.29, 1.82) is 0 Å². The Hall–Kier alpha value is -1.81. The van der Waals surface area contributed by atoms with Crippen molar-refractivity contribution in [2.75, 3.05) is 0 Å². The zero-order valence-electron chi connectivity index (χ0n) is 9.25. The van der Waals surface area contributed by atoms with Crippen LogP contribution in [0, 0.1) is 0 Å². The maximum Gasteiger partial charge on any atom is 0.319 e. The van der Waals surface area contributed by atoms with E-state index < -0.39 is 11.4 Å². The van der Waals surface area contributed by atoms with E-state index in [1.54, 1.807) is 19.1 Å². The van der Waals surface area contributed by atoms with Crippen LogP contribution in [0.5, 0.6) is 5.75 Å². The van der Waals surface area contributed by atoms with Crippen molar-refractivity contribution in [3.63, 3.8) is 0 Å². The van der Waals surface area contributed by atoms with E-state index in [1.807, 2.05) is 17.5 Å². The minimum absolute atomic E-state index is 0.132. The van der Waals surface area contributed by atoms with E-state index in [-0.39, 0.29) is 5.75 Å². The molecule has 88 valence electrons. The van der Waals surface area contributed by atoms with Crippen molar-refractivity contribution in [3.8, 4) is 5.75 Å². The lowest BCUT2D eigenvalue weighted by atomic mass is 9.81. The first-order chi connectivity index (χ1) is 8.05. The Morgan fingerprint density at radius 1 is 1.24 bits per heavy atom. The van der Waals surface area contributed by atoms with Gasteiger partial charge in [-0.3, -0.25) is 4.79 Å². The van der Waals surface area contributed by atoms with E-state index in [0.717, 1.165) is 4.88 Å². The molecule has 1 atom stereocenters. The van der Waals surface area contributed by atoms with Crippen LogP contribution in [0.3, 0.4) is 0 Å². The molecule has 17 heavy (non-hydrogen) atoms. The highest BCUT2D eigenvalue weighted by molar-refractivity contribution is 7.10. The standard InChI is InChI=1S/C13H12O3S/c1-13(12(15)16,11-3-2-8-17-11)9-4-6-10(14)7-5-9/h2-8,14H,1H3,(H,15,16). The van der Waals surface area contributed by atoms with Gasteiger partial charge in [-0.2, -0.15) is 0 Å². The maximum atomic E-state index is 11.5. The highest BCUT2D eigenvalue weighted by Gasteiger charge is 2.38. The fourth-order valence-electron chi connectivity index (χ4n) is 1.73. The molecule has 0 saturated heterocycles. The minimum atomic E-state index is -1.07. The minimum Gasteiger partial charge on any atom is -0.508 e. The SMILES string of the molecule is CC(C(=O)O)(c1ccc(O)cc1)c1cccs1. The summed E-state index contributed by atoms with van der Waals surface area (Å²) in [5.74, 6) is -0.765. The molecule has 2 N–H and O–H groups in total. The number of carboxylic acid groups (broad SMARTS) is 1. The molecule has 0 aliphatic heterocycles. The number of hydrogen-bond acceptors (Lipinski definition) is 3. The van der Waals surface area contributed by atoms with Crippen LogP contribution < -0.4 is 0 Å². The second kappa shape index (κ2) is 4.22. The molecule has 2 aromatic rings. The maximum absolute atomic E-state index is 11.5. The molecule has 1 heterocycles. The molecule has 4 heteroatoms. The molecular weight excluding hydrogens is 236 g/mol. The lowest BCUT2D eigenvalue weighted by molar-refractivity contribution is -0.141. The molecule has 1 unspecified atom stereocenters. The number of aromatic hydroxyl groups is 1. The molecule has 3 nitrogen and oxygen atoms in total. The van der Waals surface area contributed by atoms with Crippen molar-refractivity contribution in [3.05, 3.63) is 52.2 Å². The summed E-state index contributed by atoms with van der Waals surface area (Å²) in [6, 6.07) is 9.94. The topological polar surface area (TPSA) is 57.5 Å². The van der Waals surface area contributed by atoms with Gasteiger partial charge in [0.2, 0.25) is 0 Å². The first kappa shape index (κ1) is 11.7. The van der Waals surface area contributed by atoms with Crippen molar-refractivity contribution < 1.29 is 15.0 Å². The highest BCUT2D eigenvalue weighted by Crippen LogP contribution is 2.35. The normalized spacial score (nSPS) is 14.2. The van der Waals surface area contributed by atoms with E-state index in [9.17, 15) is 15.0 Å². The predicted molar refractivity (Wildman–Crippen MR) is 66.5 cm³/mol. The fraction of sp³-hybridized carbons (Fsp3) is 0.154. The first-order valence-corrected chi connectivity index (χ1v) is 6.00. The van der Waals surface area contributed by atoms with Crippen LogP contribution in [0.25, 0.3) is 0 Å². The second-order valence-electron chi connectivity index (χ2n) is 3.95. The Labute approximate surface area is 103 Å². The van der Waals surface area contributed by atoms with E-state index in [2.05, 4.69) is 0 Å². The fourth-order valence-corrected chi connectivity index (χ4v) is 2.63. The van der Waals surface area contributed by atoms with Gasteiger partial charge < -0.3 is 10.2 Å². The van der Waals surface area contributed by atoms with Gasteiger partial charge in [-0.1, -0.05) is 18.2 Å². The third-order valence-corrected chi connectivity index (χ3v) is 3.98. The summed E-state index contributed by atoms with van der Waals surface area (Å²) in [6.07, 6.45) is 0. The van der Waals surface area contributed by atoms with Gasteiger partial charge in [-0.05, 0) is 36.1 Å². The van der Waals surface area contributed by atoms with Crippen LogP contribution in [0.15, 0.2) is 41.8 Å². The van der Waals surface area contributed by atoms with Gasteiger partial charge in [0.1, 0.15) is 11.2 Å². The van der Waals surface area contributed by atoms with Crippen molar-refractivity contribution in [2.45, 2.75) is 12.3 Å². The first-order valence-electron chi connectivity index (χ1n) is 5.12. The predicted octanol–water partition coefficient (Wildman–Crippen LogP) is 2.84. The molecule has 0 amide bonds. The highest BCUT2D eigenvalue weighted by atomic mass is 32.1. The van der Waals surface area contributed by atoms with Crippen molar-refractivity contribution in [1.82, 2.24) is 0 Å². The van der Waals surface area contributed by atoms with Gasteiger partial charge in [-0.15, -0.1) is 11.3 Å². The van der Waals surface area contributed by atoms with E-state index >= 15 is 0 Å². The number of phenolic OH excluding ortho intramolecular Hbond substituents is 1. The molecule has 0 radical (unpaired) electrons. The number of hydrogen-bond donors (Lipinski definition) is 2. The van der Waals surface area contributed by atoms with Gasteiger partial charge in [-0.25, -0.2) is 0 Å². The molecule has 2 rings (SSSR count). The van der Waals surface area contributed by atoms with E-state index in [1.165, 1.54) is 23.5 Å².